The lowest BCUT2D eigenvalue weighted by Crippen LogP contribution is -2.52. The summed E-state index contributed by atoms with van der Waals surface area (Å²) < 4.78 is 0. The van der Waals surface area contributed by atoms with Gasteiger partial charge < -0.3 is 10.4 Å². The molecule has 0 radical (unpaired) electrons. The summed E-state index contributed by atoms with van der Waals surface area (Å²) >= 11 is 7.20. The SMILES string of the molecule is CSc1ncc(Cl)c(C(=O)NC2(C(=O)O)CCCC2)n1. The first-order valence-electron chi connectivity index (χ1n) is 6.11. The third-order valence-electron chi connectivity index (χ3n) is 3.34. The molecular weight excluding hydrogens is 302 g/mol. The van der Waals surface area contributed by atoms with Crippen LogP contribution >= 0.6 is 23.4 Å². The van der Waals surface area contributed by atoms with Gasteiger partial charge in [-0.1, -0.05) is 36.2 Å². The Labute approximate surface area is 125 Å². The van der Waals surface area contributed by atoms with Crippen molar-refractivity contribution in [2.45, 2.75) is 36.4 Å². The molecule has 2 rings (SSSR count). The summed E-state index contributed by atoms with van der Waals surface area (Å²) in [5.74, 6) is -1.59. The summed E-state index contributed by atoms with van der Waals surface area (Å²) in [7, 11) is 0. The van der Waals surface area contributed by atoms with E-state index in [-0.39, 0.29) is 10.7 Å². The van der Waals surface area contributed by atoms with E-state index < -0.39 is 17.4 Å². The van der Waals surface area contributed by atoms with Crippen LogP contribution < -0.4 is 5.32 Å². The van der Waals surface area contributed by atoms with E-state index in [1.807, 2.05) is 0 Å². The normalized spacial score (nSPS) is 16.9. The van der Waals surface area contributed by atoms with Gasteiger partial charge in [0.05, 0.1) is 11.2 Å². The lowest BCUT2D eigenvalue weighted by atomic mass is 9.97. The van der Waals surface area contributed by atoms with Crippen LogP contribution in [-0.4, -0.2) is 38.7 Å². The number of carboxylic acid groups (broad SMARTS) is 1. The average Bonchev–Trinajstić information content (AvgIpc) is 2.89. The number of nitrogens with zero attached hydrogens (tertiary/aromatic N) is 2. The first-order chi connectivity index (χ1) is 9.48. The molecule has 6 nitrogen and oxygen atoms in total. The summed E-state index contributed by atoms with van der Waals surface area (Å²) in [5, 5.41) is 12.4. The summed E-state index contributed by atoms with van der Waals surface area (Å²) in [5.41, 5.74) is -1.19. The Balaban J connectivity index is 2.25. The van der Waals surface area contributed by atoms with Crippen molar-refractivity contribution < 1.29 is 14.7 Å². The Hall–Kier alpha value is -1.34. The fourth-order valence-corrected chi connectivity index (χ4v) is 2.77. The van der Waals surface area contributed by atoms with Crippen molar-refractivity contribution in [3.8, 4) is 0 Å². The minimum Gasteiger partial charge on any atom is -0.480 e. The van der Waals surface area contributed by atoms with Crippen LogP contribution in [0, 0.1) is 0 Å². The number of carboxylic acids is 1. The molecule has 1 aromatic heterocycles. The maximum absolute atomic E-state index is 12.2. The largest absolute Gasteiger partial charge is 0.480 e. The van der Waals surface area contributed by atoms with E-state index in [1.165, 1.54) is 18.0 Å². The smallest absolute Gasteiger partial charge is 0.329 e. The molecule has 2 N–H and O–H groups in total. The summed E-state index contributed by atoms with van der Waals surface area (Å²) in [6, 6.07) is 0. The summed E-state index contributed by atoms with van der Waals surface area (Å²) in [4.78, 5) is 31.6. The zero-order valence-electron chi connectivity index (χ0n) is 10.9. The molecule has 0 aliphatic heterocycles. The predicted octanol–water partition coefficient (Wildman–Crippen LogP) is 1.98. The molecule has 0 bridgehead atoms. The Morgan fingerprint density at radius 3 is 2.65 bits per heavy atom. The van der Waals surface area contributed by atoms with Gasteiger partial charge in [0.25, 0.3) is 5.91 Å². The lowest BCUT2D eigenvalue weighted by molar-refractivity contribution is -0.144. The Bertz CT molecular complexity index is 547. The predicted molar refractivity (Wildman–Crippen MR) is 75.1 cm³/mol. The van der Waals surface area contributed by atoms with Crippen LogP contribution in [0.4, 0.5) is 0 Å². The number of halogens is 1. The van der Waals surface area contributed by atoms with E-state index in [4.69, 9.17) is 11.6 Å². The molecule has 1 amide bonds. The topological polar surface area (TPSA) is 92.2 Å². The number of hydrogen-bond donors (Lipinski definition) is 2. The van der Waals surface area contributed by atoms with Crippen LogP contribution in [0.25, 0.3) is 0 Å². The Kier molecular flexibility index (Phi) is 4.49. The molecule has 0 spiro atoms. The molecule has 1 fully saturated rings. The standard InChI is InChI=1S/C12H14ClN3O3S/c1-20-11-14-6-7(13)8(15-11)9(17)16-12(10(18)19)4-2-3-5-12/h6H,2-5H2,1H3,(H,16,17)(H,18,19). The number of hydrogen-bond acceptors (Lipinski definition) is 5. The highest BCUT2D eigenvalue weighted by molar-refractivity contribution is 7.98. The molecule has 8 heteroatoms. The summed E-state index contributed by atoms with van der Waals surface area (Å²) in [6.45, 7) is 0. The number of amides is 1. The van der Waals surface area contributed by atoms with Crippen LogP contribution in [0.1, 0.15) is 36.2 Å². The molecule has 0 aromatic carbocycles. The fraction of sp³-hybridized carbons (Fsp3) is 0.500. The second-order valence-electron chi connectivity index (χ2n) is 4.60. The van der Waals surface area contributed by atoms with Crippen molar-refractivity contribution in [1.29, 1.82) is 0 Å². The second kappa shape index (κ2) is 5.97. The van der Waals surface area contributed by atoms with E-state index in [0.717, 1.165) is 12.8 Å². The van der Waals surface area contributed by atoms with E-state index in [2.05, 4.69) is 15.3 Å². The van der Waals surface area contributed by atoms with Crippen molar-refractivity contribution in [2.75, 3.05) is 6.26 Å². The van der Waals surface area contributed by atoms with Gasteiger partial charge in [0, 0.05) is 0 Å². The number of nitrogens with one attached hydrogen (secondary N) is 1. The molecule has 1 aliphatic carbocycles. The van der Waals surface area contributed by atoms with E-state index >= 15 is 0 Å². The zero-order valence-corrected chi connectivity index (χ0v) is 12.4. The Morgan fingerprint density at radius 2 is 2.10 bits per heavy atom. The fourth-order valence-electron chi connectivity index (χ4n) is 2.26. The number of thioether (sulfide) groups is 1. The van der Waals surface area contributed by atoms with Crippen LogP contribution in [0.3, 0.4) is 0 Å². The van der Waals surface area contributed by atoms with Crippen LogP contribution in [0.2, 0.25) is 5.02 Å². The monoisotopic (exact) mass is 315 g/mol. The van der Waals surface area contributed by atoms with Gasteiger partial charge in [-0.05, 0) is 19.1 Å². The number of carbonyl (C=O) groups excluding carboxylic acids is 1. The van der Waals surface area contributed by atoms with Gasteiger partial charge in [-0.15, -0.1) is 0 Å². The molecule has 108 valence electrons. The van der Waals surface area contributed by atoms with Crippen molar-refractivity contribution in [3.05, 3.63) is 16.9 Å². The maximum atomic E-state index is 12.2. The van der Waals surface area contributed by atoms with Gasteiger partial charge in [0.1, 0.15) is 5.54 Å². The molecule has 0 atom stereocenters. The average molecular weight is 316 g/mol. The van der Waals surface area contributed by atoms with Crippen LogP contribution in [0.15, 0.2) is 11.4 Å². The third kappa shape index (κ3) is 2.88. The molecular formula is C12H14ClN3O3S. The second-order valence-corrected chi connectivity index (χ2v) is 5.78. The molecule has 1 heterocycles. The highest BCUT2D eigenvalue weighted by atomic mass is 35.5. The highest BCUT2D eigenvalue weighted by Crippen LogP contribution is 2.30. The number of aromatic nitrogens is 2. The highest BCUT2D eigenvalue weighted by Gasteiger charge is 2.43. The zero-order chi connectivity index (χ0) is 14.8. The van der Waals surface area contributed by atoms with E-state index in [0.29, 0.717) is 18.0 Å². The van der Waals surface area contributed by atoms with Gasteiger partial charge in [-0.2, -0.15) is 0 Å². The summed E-state index contributed by atoms with van der Waals surface area (Å²) in [6.07, 6.45) is 5.52. The van der Waals surface area contributed by atoms with Crippen molar-refractivity contribution in [3.63, 3.8) is 0 Å². The molecule has 1 aromatic rings. The van der Waals surface area contributed by atoms with Gasteiger partial charge >= 0.3 is 5.97 Å². The Morgan fingerprint density at radius 1 is 1.45 bits per heavy atom. The van der Waals surface area contributed by atoms with E-state index in [9.17, 15) is 14.7 Å². The number of aliphatic carboxylic acids is 1. The van der Waals surface area contributed by atoms with Gasteiger partial charge in [-0.25, -0.2) is 14.8 Å². The molecule has 0 saturated heterocycles. The minimum absolute atomic E-state index is 0.0125. The quantitative estimate of drug-likeness (QED) is 0.652. The van der Waals surface area contributed by atoms with Crippen LogP contribution in [-0.2, 0) is 4.79 Å². The molecule has 20 heavy (non-hydrogen) atoms. The molecule has 1 aliphatic rings. The number of carbonyl (C=O) groups is 2. The third-order valence-corrected chi connectivity index (χ3v) is 4.18. The molecule has 0 unspecified atom stereocenters. The molecule has 1 saturated carbocycles. The van der Waals surface area contributed by atoms with Gasteiger partial charge in [0.15, 0.2) is 10.9 Å². The minimum atomic E-state index is -1.20. The van der Waals surface area contributed by atoms with Gasteiger partial charge in [0.2, 0.25) is 0 Å². The van der Waals surface area contributed by atoms with Crippen molar-refractivity contribution in [2.24, 2.45) is 0 Å². The van der Waals surface area contributed by atoms with Crippen LogP contribution in [0.5, 0.6) is 0 Å². The van der Waals surface area contributed by atoms with Crippen molar-refractivity contribution in [1.82, 2.24) is 15.3 Å². The van der Waals surface area contributed by atoms with Crippen molar-refractivity contribution >= 4 is 35.2 Å². The van der Waals surface area contributed by atoms with Gasteiger partial charge in [-0.3, -0.25) is 4.79 Å². The number of rotatable bonds is 4. The first kappa shape index (κ1) is 15.1. The lowest BCUT2D eigenvalue weighted by Gasteiger charge is -2.25. The first-order valence-corrected chi connectivity index (χ1v) is 7.71. The maximum Gasteiger partial charge on any atom is 0.329 e. The van der Waals surface area contributed by atoms with E-state index in [1.54, 1.807) is 6.26 Å².